The van der Waals surface area contributed by atoms with Gasteiger partial charge >= 0.3 is 0 Å². The van der Waals surface area contributed by atoms with E-state index in [2.05, 4.69) is 10.2 Å². The van der Waals surface area contributed by atoms with Crippen molar-refractivity contribution in [1.29, 1.82) is 0 Å². The average Bonchev–Trinajstić information content (AvgIpc) is 3.17. The van der Waals surface area contributed by atoms with Crippen LogP contribution in [-0.4, -0.2) is 47.8 Å². The molecule has 2 heterocycles. The third-order valence-corrected chi connectivity index (χ3v) is 4.62. The lowest BCUT2D eigenvalue weighted by atomic mass is 9.91. The third-order valence-electron chi connectivity index (χ3n) is 4.62. The van der Waals surface area contributed by atoms with Crippen LogP contribution in [0, 0.1) is 12.8 Å². The maximum atomic E-state index is 12.9. The van der Waals surface area contributed by atoms with Crippen molar-refractivity contribution >= 4 is 5.91 Å². The lowest BCUT2D eigenvalue weighted by Gasteiger charge is -2.32. The number of carbonyl (C=O) groups is 1. The van der Waals surface area contributed by atoms with Gasteiger partial charge in [0.15, 0.2) is 0 Å². The minimum absolute atomic E-state index is 0.0904. The zero-order chi connectivity index (χ0) is 17.6. The van der Waals surface area contributed by atoms with E-state index in [-0.39, 0.29) is 17.9 Å². The minimum Gasteiger partial charge on any atom is -0.491 e. The molecule has 2 atom stereocenters. The van der Waals surface area contributed by atoms with Gasteiger partial charge in [-0.1, -0.05) is 18.2 Å². The summed E-state index contributed by atoms with van der Waals surface area (Å²) in [5, 5.41) is 6.91. The van der Waals surface area contributed by atoms with Gasteiger partial charge in [0.1, 0.15) is 18.5 Å². The van der Waals surface area contributed by atoms with Crippen molar-refractivity contribution in [2.75, 3.05) is 26.8 Å². The van der Waals surface area contributed by atoms with Crippen LogP contribution in [0.5, 0.6) is 5.75 Å². The number of hydrogen-bond acceptors (Lipinski definition) is 4. The largest absolute Gasteiger partial charge is 0.491 e. The Bertz CT molecular complexity index is 687. The van der Waals surface area contributed by atoms with E-state index in [4.69, 9.17) is 9.47 Å². The number of carbonyl (C=O) groups excluding carboxylic acids is 1. The number of benzene rings is 1. The smallest absolute Gasteiger partial charge is 0.228 e. The van der Waals surface area contributed by atoms with E-state index in [1.165, 1.54) is 0 Å². The molecule has 1 aliphatic heterocycles. The molecule has 0 bridgehead atoms. The molecule has 1 fully saturated rings. The SMILES string of the molecule is Cc1ccccc1OCCN(C)C(=O)[C@@H]1CCCO[C@H]1c1ccn[nH]1. The molecule has 1 aliphatic rings. The number of likely N-dealkylation sites (N-methyl/N-ethyl adjacent to an activating group) is 1. The first-order valence-electron chi connectivity index (χ1n) is 8.71. The Labute approximate surface area is 148 Å². The molecule has 0 aliphatic carbocycles. The molecular formula is C19H25N3O3. The predicted octanol–water partition coefficient (Wildman–Crippen LogP) is 2.72. The number of H-pyrrole nitrogens is 1. The number of amides is 1. The summed E-state index contributed by atoms with van der Waals surface area (Å²) in [5.41, 5.74) is 1.96. The second-order valence-electron chi connectivity index (χ2n) is 6.43. The van der Waals surface area contributed by atoms with Crippen molar-refractivity contribution in [3.8, 4) is 5.75 Å². The van der Waals surface area contributed by atoms with Crippen LogP contribution in [0.4, 0.5) is 0 Å². The van der Waals surface area contributed by atoms with Gasteiger partial charge in [-0.3, -0.25) is 9.89 Å². The van der Waals surface area contributed by atoms with E-state index in [1.54, 1.807) is 11.1 Å². The highest BCUT2D eigenvalue weighted by molar-refractivity contribution is 5.79. The number of aryl methyl sites for hydroxylation is 1. The molecule has 1 aromatic heterocycles. The summed E-state index contributed by atoms with van der Waals surface area (Å²) in [4.78, 5) is 14.6. The fourth-order valence-electron chi connectivity index (χ4n) is 3.17. The number of aromatic amines is 1. The first kappa shape index (κ1) is 17.5. The van der Waals surface area contributed by atoms with Gasteiger partial charge in [0, 0.05) is 19.9 Å². The summed E-state index contributed by atoms with van der Waals surface area (Å²) in [5.74, 6) is 0.769. The second-order valence-corrected chi connectivity index (χ2v) is 6.43. The predicted molar refractivity (Wildman–Crippen MR) is 94.3 cm³/mol. The fourth-order valence-corrected chi connectivity index (χ4v) is 3.17. The number of nitrogens with zero attached hydrogens (tertiary/aromatic N) is 2. The van der Waals surface area contributed by atoms with Gasteiger partial charge in [0.25, 0.3) is 0 Å². The Hall–Kier alpha value is -2.34. The van der Waals surface area contributed by atoms with E-state index in [1.807, 2.05) is 44.3 Å². The van der Waals surface area contributed by atoms with E-state index in [0.717, 1.165) is 29.8 Å². The Morgan fingerprint density at radius 3 is 3.00 bits per heavy atom. The lowest BCUT2D eigenvalue weighted by Crippen LogP contribution is -2.40. The first-order valence-corrected chi connectivity index (χ1v) is 8.71. The van der Waals surface area contributed by atoms with Crippen molar-refractivity contribution < 1.29 is 14.3 Å². The highest BCUT2D eigenvalue weighted by Gasteiger charge is 2.35. The molecule has 0 saturated carbocycles. The zero-order valence-electron chi connectivity index (χ0n) is 14.8. The molecule has 1 aromatic carbocycles. The summed E-state index contributed by atoms with van der Waals surface area (Å²) >= 11 is 0. The molecule has 134 valence electrons. The fraction of sp³-hybridized carbons (Fsp3) is 0.474. The third kappa shape index (κ3) is 4.20. The van der Waals surface area contributed by atoms with Gasteiger partial charge in [-0.05, 0) is 37.5 Å². The summed E-state index contributed by atoms with van der Waals surface area (Å²) in [6, 6.07) is 9.76. The second kappa shape index (κ2) is 8.16. The van der Waals surface area contributed by atoms with E-state index in [0.29, 0.717) is 19.8 Å². The molecule has 0 spiro atoms. The summed E-state index contributed by atoms with van der Waals surface area (Å²) in [6.07, 6.45) is 3.16. The highest BCUT2D eigenvalue weighted by Crippen LogP contribution is 2.33. The topological polar surface area (TPSA) is 67.4 Å². The number of rotatable bonds is 6. The Balaban J connectivity index is 1.56. The molecule has 1 amide bonds. The Kier molecular flexibility index (Phi) is 5.71. The highest BCUT2D eigenvalue weighted by atomic mass is 16.5. The van der Waals surface area contributed by atoms with Gasteiger partial charge in [-0.2, -0.15) is 5.10 Å². The molecule has 6 nitrogen and oxygen atoms in total. The minimum atomic E-state index is -0.247. The summed E-state index contributed by atoms with van der Waals surface area (Å²) in [6.45, 7) is 3.70. The normalized spacial score (nSPS) is 20.2. The monoisotopic (exact) mass is 343 g/mol. The summed E-state index contributed by atoms with van der Waals surface area (Å²) in [7, 11) is 1.82. The van der Waals surface area contributed by atoms with Crippen LogP contribution in [-0.2, 0) is 9.53 Å². The van der Waals surface area contributed by atoms with Crippen molar-refractivity contribution in [1.82, 2.24) is 15.1 Å². The van der Waals surface area contributed by atoms with Crippen LogP contribution in [0.2, 0.25) is 0 Å². The Morgan fingerprint density at radius 1 is 1.40 bits per heavy atom. The van der Waals surface area contributed by atoms with Crippen LogP contribution in [0.25, 0.3) is 0 Å². The average molecular weight is 343 g/mol. The van der Waals surface area contributed by atoms with E-state index in [9.17, 15) is 4.79 Å². The van der Waals surface area contributed by atoms with Gasteiger partial charge < -0.3 is 14.4 Å². The molecule has 3 rings (SSSR count). The van der Waals surface area contributed by atoms with Crippen molar-refractivity contribution in [2.45, 2.75) is 25.9 Å². The first-order chi connectivity index (χ1) is 12.2. The maximum absolute atomic E-state index is 12.9. The molecule has 6 heteroatoms. The maximum Gasteiger partial charge on any atom is 0.228 e. The van der Waals surface area contributed by atoms with Crippen molar-refractivity contribution in [3.05, 3.63) is 47.8 Å². The molecular weight excluding hydrogens is 318 g/mol. The lowest BCUT2D eigenvalue weighted by molar-refractivity contribution is -0.144. The van der Waals surface area contributed by atoms with E-state index < -0.39 is 0 Å². The molecule has 1 N–H and O–H groups in total. The van der Waals surface area contributed by atoms with Crippen LogP contribution in [0.1, 0.15) is 30.2 Å². The molecule has 1 saturated heterocycles. The number of aromatic nitrogens is 2. The van der Waals surface area contributed by atoms with Gasteiger partial charge in [-0.25, -0.2) is 0 Å². The molecule has 0 radical (unpaired) electrons. The zero-order valence-corrected chi connectivity index (χ0v) is 14.8. The Morgan fingerprint density at radius 2 is 2.24 bits per heavy atom. The molecule has 0 unspecified atom stereocenters. The molecule has 25 heavy (non-hydrogen) atoms. The van der Waals surface area contributed by atoms with Crippen LogP contribution < -0.4 is 4.74 Å². The van der Waals surface area contributed by atoms with Crippen LogP contribution in [0.15, 0.2) is 36.5 Å². The standard InChI is InChI=1S/C19H25N3O3/c1-14-6-3-4-8-17(14)24-13-11-22(2)19(23)15-7-5-12-25-18(15)16-9-10-20-21-16/h3-4,6,8-10,15,18H,5,7,11-13H2,1-2H3,(H,20,21)/t15-,18-/m1/s1. The number of ether oxygens (including phenoxy) is 2. The van der Waals surface area contributed by atoms with Gasteiger partial charge in [0.05, 0.1) is 18.2 Å². The number of hydrogen-bond donors (Lipinski definition) is 1. The van der Waals surface area contributed by atoms with Gasteiger partial charge in [0.2, 0.25) is 5.91 Å². The molecule has 2 aromatic rings. The number of para-hydroxylation sites is 1. The van der Waals surface area contributed by atoms with Crippen LogP contribution in [0.3, 0.4) is 0 Å². The van der Waals surface area contributed by atoms with Crippen molar-refractivity contribution in [2.24, 2.45) is 5.92 Å². The number of nitrogens with one attached hydrogen (secondary N) is 1. The summed E-state index contributed by atoms with van der Waals surface area (Å²) < 4.78 is 11.6. The van der Waals surface area contributed by atoms with Gasteiger partial charge in [-0.15, -0.1) is 0 Å². The quantitative estimate of drug-likeness (QED) is 0.876. The van der Waals surface area contributed by atoms with Crippen molar-refractivity contribution in [3.63, 3.8) is 0 Å². The van der Waals surface area contributed by atoms with Crippen LogP contribution >= 0.6 is 0 Å². The van der Waals surface area contributed by atoms with E-state index >= 15 is 0 Å².